The van der Waals surface area contributed by atoms with Gasteiger partial charge < -0.3 is 10.1 Å². The van der Waals surface area contributed by atoms with E-state index in [2.05, 4.69) is 12.2 Å². The van der Waals surface area contributed by atoms with E-state index in [9.17, 15) is 0 Å². The van der Waals surface area contributed by atoms with Crippen molar-refractivity contribution in [1.29, 1.82) is 10.5 Å². The second kappa shape index (κ2) is 9.47. The zero-order chi connectivity index (χ0) is 14.6. The summed E-state index contributed by atoms with van der Waals surface area (Å²) in [5, 5.41) is 20.2. The third-order valence-electron chi connectivity index (χ3n) is 2.72. The Morgan fingerprint density at radius 3 is 2.75 bits per heavy atom. The van der Waals surface area contributed by atoms with E-state index in [1.807, 2.05) is 24.3 Å². The minimum Gasteiger partial charge on any atom is -0.494 e. The minimum atomic E-state index is 0.0379. The number of nitrogens with one attached hydrogen (secondary N) is 1. The van der Waals surface area contributed by atoms with Crippen molar-refractivity contribution in [2.45, 2.75) is 32.6 Å². The summed E-state index contributed by atoms with van der Waals surface area (Å²) in [6, 6.07) is 11.1. The molecule has 0 amide bonds. The molecule has 0 fully saturated rings. The lowest BCUT2D eigenvalue weighted by molar-refractivity contribution is 0.305. The maximum Gasteiger partial charge on any atom is 0.145 e. The fraction of sp³-hybridized carbons (Fsp3) is 0.375. The molecule has 104 valence electrons. The number of hydrogen-bond donors (Lipinski definition) is 1. The van der Waals surface area contributed by atoms with Gasteiger partial charge in [0.15, 0.2) is 0 Å². The van der Waals surface area contributed by atoms with Crippen molar-refractivity contribution in [2.75, 3.05) is 11.9 Å². The summed E-state index contributed by atoms with van der Waals surface area (Å²) in [4.78, 5) is 0. The van der Waals surface area contributed by atoms with Gasteiger partial charge in [0.2, 0.25) is 0 Å². The van der Waals surface area contributed by atoms with Crippen molar-refractivity contribution in [3.63, 3.8) is 0 Å². The van der Waals surface area contributed by atoms with Crippen LogP contribution in [0.5, 0.6) is 5.75 Å². The third-order valence-corrected chi connectivity index (χ3v) is 2.72. The third kappa shape index (κ3) is 5.93. The SMILES string of the molecule is CCCCCCOc1cccc(NC=C(C#N)C#N)c1. The Kier molecular flexibility index (Phi) is 7.38. The first-order valence-corrected chi connectivity index (χ1v) is 6.80. The monoisotopic (exact) mass is 269 g/mol. The molecule has 0 saturated heterocycles. The van der Waals surface area contributed by atoms with Crippen molar-refractivity contribution in [1.82, 2.24) is 0 Å². The molecule has 4 heteroatoms. The van der Waals surface area contributed by atoms with Gasteiger partial charge in [-0.1, -0.05) is 32.3 Å². The molecule has 1 aromatic carbocycles. The van der Waals surface area contributed by atoms with Crippen molar-refractivity contribution >= 4 is 5.69 Å². The van der Waals surface area contributed by atoms with Crippen LogP contribution < -0.4 is 10.1 Å². The van der Waals surface area contributed by atoms with E-state index in [4.69, 9.17) is 15.3 Å². The van der Waals surface area contributed by atoms with E-state index >= 15 is 0 Å². The highest BCUT2D eigenvalue weighted by Gasteiger charge is 1.97. The average Bonchev–Trinajstić information content (AvgIpc) is 2.48. The number of ether oxygens (including phenoxy) is 1. The molecule has 0 saturated carbocycles. The summed E-state index contributed by atoms with van der Waals surface area (Å²) < 4.78 is 5.66. The lowest BCUT2D eigenvalue weighted by Crippen LogP contribution is -1.98. The van der Waals surface area contributed by atoms with Crippen molar-refractivity contribution in [2.24, 2.45) is 0 Å². The first-order chi connectivity index (χ1) is 9.80. The van der Waals surface area contributed by atoms with Gasteiger partial charge in [-0.05, 0) is 18.6 Å². The van der Waals surface area contributed by atoms with Crippen LogP contribution in [0.2, 0.25) is 0 Å². The second-order valence-electron chi connectivity index (χ2n) is 4.36. The molecule has 1 N–H and O–H groups in total. The molecule has 0 bridgehead atoms. The molecule has 0 heterocycles. The Morgan fingerprint density at radius 1 is 1.25 bits per heavy atom. The van der Waals surface area contributed by atoms with Crippen LogP contribution in [0.25, 0.3) is 0 Å². The normalized spacial score (nSPS) is 9.15. The molecule has 0 aliphatic rings. The summed E-state index contributed by atoms with van der Waals surface area (Å²) in [7, 11) is 0. The minimum absolute atomic E-state index is 0.0379. The Balaban J connectivity index is 2.48. The van der Waals surface area contributed by atoms with Crippen LogP contribution in [0.4, 0.5) is 5.69 Å². The Bertz CT molecular complexity index is 507. The number of unbranched alkanes of at least 4 members (excludes halogenated alkanes) is 3. The maximum absolute atomic E-state index is 8.64. The molecule has 0 spiro atoms. The van der Waals surface area contributed by atoms with Gasteiger partial charge >= 0.3 is 0 Å². The molecule has 0 unspecified atom stereocenters. The average molecular weight is 269 g/mol. The molecule has 20 heavy (non-hydrogen) atoms. The van der Waals surface area contributed by atoms with Crippen molar-refractivity contribution < 1.29 is 4.74 Å². The van der Waals surface area contributed by atoms with E-state index in [1.165, 1.54) is 25.5 Å². The molecule has 1 rings (SSSR count). The van der Waals surface area contributed by atoms with Gasteiger partial charge in [0.25, 0.3) is 0 Å². The zero-order valence-corrected chi connectivity index (χ0v) is 11.7. The molecular weight excluding hydrogens is 250 g/mol. The van der Waals surface area contributed by atoms with Gasteiger partial charge in [-0.2, -0.15) is 10.5 Å². The summed E-state index contributed by atoms with van der Waals surface area (Å²) in [5.74, 6) is 0.787. The second-order valence-corrected chi connectivity index (χ2v) is 4.36. The van der Waals surface area contributed by atoms with Crippen LogP contribution in [0.3, 0.4) is 0 Å². The van der Waals surface area contributed by atoms with E-state index in [-0.39, 0.29) is 5.57 Å². The van der Waals surface area contributed by atoms with Crippen LogP contribution >= 0.6 is 0 Å². The molecular formula is C16H19N3O. The Morgan fingerprint density at radius 2 is 2.05 bits per heavy atom. The topological polar surface area (TPSA) is 68.8 Å². The lowest BCUT2D eigenvalue weighted by atomic mass is 10.2. The highest BCUT2D eigenvalue weighted by Crippen LogP contribution is 2.18. The number of nitriles is 2. The van der Waals surface area contributed by atoms with E-state index in [0.717, 1.165) is 17.9 Å². The highest BCUT2D eigenvalue weighted by molar-refractivity contribution is 5.52. The number of rotatable bonds is 8. The summed E-state index contributed by atoms with van der Waals surface area (Å²) in [6.07, 6.45) is 6.08. The van der Waals surface area contributed by atoms with Gasteiger partial charge in [0.1, 0.15) is 23.5 Å². The molecule has 0 aromatic heterocycles. The summed E-state index contributed by atoms with van der Waals surface area (Å²) in [5.41, 5.74) is 0.829. The predicted molar refractivity (Wildman–Crippen MR) is 79.0 cm³/mol. The number of hydrogen-bond acceptors (Lipinski definition) is 4. The quantitative estimate of drug-likeness (QED) is 0.572. The number of allylic oxidation sites excluding steroid dienone is 1. The van der Waals surface area contributed by atoms with E-state index < -0.39 is 0 Å². The number of nitrogens with zero attached hydrogens (tertiary/aromatic N) is 2. The first kappa shape index (κ1) is 15.6. The molecule has 4 nitrogen and oxygen atoms in total. The van der Waals surface area contributed by atoms with Crippen LogP contribution in [0, 0.1) is 22.7 Å². The van der Waals surface area contributed by atoms with Gasteiger partial charge in [-0.15, -0.1) is 0 Å². The van der Waals surface area contributed by atoms with E-state index in [0.29, 0.717) is 6.61 Å². The van der Waals surface area contributed by atoms with Crippen molar-refractivity contribution in [3.8, 4) is 17.9 Å². The highest BCUT2D eigenvalue weighted by atomic mass is 16.5. The van der Waals surface area contributed by atoms with Crippen LogP contribution in [-0.4, -0.2) is 6.61 Å². The number of anilines is 1. The van der Waals surface area contributed by atoms with Crippen LogP contribution in [0.1, 0.15) is 32.6 Å². The molecule has 1 aromatic rings. The Labute approximate surface area is 120 Å². The largest absolute Gasteiger partial charge is 0.494 e. The standard InChI is InChI=1S/C16H19N3O/c1-2-3-4-5-9-20-16-8-6-7-15(10-16)19-13-14(11-17)12-18/h6-8,10,13,19H,2-5,9H2,1H3. The fourth-order valence-corrected chi connectivity index (χ4v) is 1.64. The van der Waals surface area contributed by atoms with Gasteiger partial charge in [0, 0.05) is 18.0 Å². The molecule has 0 atom stereocenters. The van der Waals surface area contributed by atoms with Crippen molar-refractivity contribution in [3.05, 3.63) is 36.0 Å². The van der Waals surface area contributed by atoms with Gasteiger partial charge in [-0.3, -0.25) is 0 Å². The van der Waals surface area contributed by atoms with Gasteiger partial charge in [-0.25, -0.2) is 0 Å². The zero-order valence-electron chi connectivity index (χ0n) is 11.7. The maximum atomic E-state index is 8.64. The van der Waals surface area contributed by atoms with Gasteiger partial charge in [0.05, 0.1) is 6.61 Å². The van der Waals surface area contributed by atoms with E-state index in [1.54, 1.807) is 12.1 Å². The van der Waals surface area contributed by atoms with Crippen LogP contribution in [0.15, 0.2) is 36.0 Å². The first-order valence-electron chi connectivity index (χ1n) is 6.80. The molecule has 0 radical (unpaired) electrons. The number of benzene rings is 1. The molecule has 0 aliphatic heterocycles. The predicted octanol–water partition coefficient (Wildman–Crippen LogP) is 3.99. The molecule has 0 aliphatic carbocycles. The summed E-state index contributed by atoms with van der Waals surface area (Å²) in [6.45, 7) is 2.89. The Hall–Kier alpha value is -2.46. The summed E-state index contributed by atoms with van der Waals surface area (Å²) >= 11 is 0. The van der Waals surface area contributed by atoms with Crippen LogP contribution in [-0.2, 0) is 0 Å². The lowest BCUT2D eigenvalue weighted by Gasteiger charge is -2.07. The fourth-order valence-electron chi connectivity index (χ4n) is 1.64. The smallest absolute Gasteiger partial charge is 0.145 e.